The molecule has 2 aromatic heterocycles. The fourth-order valence-corrected chi connectivity index (χ4v) is 5.21. The van der Waals surface area contributed by atoms with Crippen molar-refractivity contribution in [3.05, 3.63) is 72.0 Å². The lowest BCUT2D eigenvalue weighted by Crippen LogP contribution is -2.49. The number of ether oxygens (including phenoxy) is 1. The smallest absolute Gasteiger partial charge is 0.275 e. The highest BCUT2D eigenvalue weighted by molar-refractivity contribution is 5.97. The molecule has 1 spiro atoms. The summed E-state index contributed by atoms with van der Waals surface area (Å²) in [7, 11) is 0. The molecule has 0 radical (unpaired) electrons. The fraction of sp³-hybridized carbons (Fsp3) is 0.429. The number of carbonyl (C=O) groups is 3. The number of nitrogens with one attached hydrogen (secondary N) is 1. The Morgan fingerprint density at radius 1 is 0.949 bits per heavy atom. The molecule has 0 saturated carbocycles. The largest absolute Gasteiger partial charge is 0.493 e. The number of para-hydroxylation sites is 1. The fourth-order valence-electron chi connectivity index (χ4n) is 5.21. The Bertz CT molecular complexity index is 1320. The Kier molecular flexibility index (Phi) is 7.85. The van der Waals surface area contributed by atoms with Crippen molar-refractivity contribution in [2.75, 3.05) is 39.3 Å². The lowest BCUT2D eigenvalue weighted by atomic mass is 9.75. The molecule has 2 aliphatic heterocycles. The second-order valence-corrected chi connectivity index (χ2v) is 10.1. The zero-order chi connectivity index (χ0) is 27.2. The van der Waals surface area contributed by atoms with Gasteiger partial charge in [0.25, 0.3) is 17.7 Å². The van der Waals surface area contributed by atoms with Crippen LogP contribution in [0.25, 0.3) is 0 Å². The molecule has 3 aromatic rings. The molecule has 1 saturated heterocycles. The molecule has 1 aromatic carbocycles. The van der Waals surface area contributed by atoms with E-state index in [2.05, 4.69) is 20.3 Å². The third kappa shape index (κ3) is 5.92. The van der Waals surface area contributed by atoms with Crippen LogP contribution in [-0.4, -0.2) is 81.8 Å². The molecule has 11 nitrogen and oxygen atoms in total. The molecule has 4 heterocycles. The SMILES string of the molecule is Cc1nccnc1C(=O)N1CCC2(CCN(C(=O)c3cocn3)CCCOc3ccccc3C(=O)NC2)CC1. The second-order valence-electron chi connectivity index (χ2n) is 10.1. The van der Waals surface area contributed by atoms with Gasteiger partial charge in [-0.25, -0.2) is 9.97 Å². The maximum absolute atomic E-state index is 13.2. The molecule has 0 aliphatic carbocycles. The van der Waals surface area contributed by atoms with Crippen molar-refractivity contribution >= 4 is 17.7 Å². The summed E-state index contributed by atoms with van der Waals surface area (Å²) in [4.78, 5) is 55.7. The summed E-state index contributed by atoms with van der Waals surface area (Å²) in [5.41, 5.74) is 1.38. The molecule has 204 valence electrons. The number of rotatable bonds is 2. The van der Waals surface area contributed by atoms with E-state index in [0.29, 0.717) is 87.7 Å². The standard InChI is InChI=1S/C28H32N6O5/c1-20-24(30-11-10-29-20)27(37)34-14-8-28(9-15-34)7-13-33(26(36)22-17-38-19-32-22)12-4-16-39-23-6-3-2-5-21(23)25(35)31-18-28/h2-3,5-6,10-11,17,19H,4,7-9,12-16,18H2,1H3,(H,31,35). The van der Waals surface area contributed by atoms with E-state index in [1.54, 1.807) is 35.1 Å². The predicted octanol–water partition coefficient (Wildman–Crippen LogP) is 2.74. The maximum Gasteiger partial charge on any atom is 0.275 e. The van der Waals surface area contributed by atoms with Crippen molar-refractivity contribution in [2.24, 2.45) is 5.41 Å². The van der Waals surface area contributed by atoms with Crippen LogP contribution in [0.4, 0.5) is 0 Å². The number of benzene rings is 1. The molecule has 5 rings (SSSR count). The van der Waals surface area contributed by atoms with Crippen LogP contribution in [-0.2, 0) is 0 Å². The number of nitrogens with zero attached hydrogens (tertiary/aromatic N) is 5. The van der Waals surface area contributed by atoms with Crippen molar-refractivity contribution in [3.8, 4) is 5.75 Å². The third-order valence-electron chi connectivity index (χ3n) is 7.63. The molecule has 2 aliphatic rings. The minimum Gasteiger partial charge on any atom is -0.493 e. The number of hydrogen-bond acceptors (Lipinski definition) is 8. The number of piperidine rings is 1. The average Bonchev–Trinajstić information content (AvgIpc) is 3.51. The Hall–Kier alpha value is -4.28. The highest BCUT2D eigenvalue weighted by Gasteiger charge is 2.38. The maximum atomic E-state index is 13.2. The first-order chi connectivity index (χ1) is 19.0. The van der Waals surface area contributed by atoms with Gasteiger partial charge in [0.05, 0.1) is 17.9 Å². The third-order valence-corrected chi connectivity index (χ3v) is 7.63. The van der Waals surface area contributed by atoms with Crippen LogP contribution in [0, 0.1) is 12.3 Å². The number of carbonyl (C=O) groups excluding carboxylic acids is 3. The van der Waals surface area contributed by atoms with Gasteiger partial charge in [-0.1, -0.05) is 12.1 Å². The minimum atomic E-state index is -0.309. The summed E-state index contributed by atoms with van der Waals surface area (Å²) in [6.07, 6.45) is 8.28. The summed E-state index contributed by atoms with van der Waals surface area (Å²) < 4.78 is 11.0. The van der Waals surface area contributed by atoms with Gasteiger partial charge in [0.15, 0.2) is 12.1 Å². The lowest BCUT2D eigenvalue weighted by Gasteiger charge is -2.43. The van der Waals surface area contributed by atoms with Crippen molar-refractivity contribution in [3.63, 3.8) is 0 Å². The van der Waals surface area contributed by atoms with Crippen LogP contribution in [0.1, 0.15) is 62.7 Å². The Morgan fingerprint density at radius 2 is 1.67 bits per heavy atom. The zero-order valence-corrected chi connectivity index (χ0v) is 22.0. The number of fused-ring (bicyclic) bond motifs is 1. The normalized spacial score (nSPS) is 18.1. The summed E-state index contributed by atoms with van der Waals surface area (Å²) in [5.74, 6) is -0.0344. The van der Waals surface area contributed by atoms with E-state index in [-0.39, 0.29) is 28.8 Å². The van der Waals surface area contributed by atoms with Crippen LogP contribution >= 0.6 is 0 Å². The Balaban J connectivity index is 1.37. The van der Waals surface area contributed by atoms with E-state index in [0.717, 1.165) is 0 Å². The van der Waals surface area contributed by atoms with Crippen molar-refractivity contribution in [2.45, 2.75) is 32.6 Å². The quantitative estimate of drug-likeness (QED) is 0.533. The van der Waals surface area contributed by atoms with Crippen LogP contribution in [0.2, 0.25) is 0 Å². The summed E-state index contributed by atoms with van der Waals surface area (Å²) in [5, 5.41) is 3.12. The predicted molar refractivity (Wildman–Crippen MR) is 140 cm³/mol. The first kappa shape index (κ1) is 26.3. The summed E-state index contributed by atoms with van der Waals surface area (Å²) >= 11 is 0. The van der Waals surface area contributed by atoms with Crippen molar-refractivity contribution in [1.82, 2.24) is 30.1 Å². The van der Waals surface area contributed by atoms with Gasteiger partial charge >= 0.3 is 0 Å². The number of likely N-dealkylation sites (tertiary alicyclic amines) is 1. The van der Waals surface area contributed by atoms with Crippen molar-refractivity contribution < 1.29 is 23.5 Å². The van der Waals surface area contributed by atoms with Crippen LogP contribution in [0.5, 0.6) is 5.75 Å². The van der Waals surface area contributed by atoms with Gasteiger partial charge in [-0.3, -0.25) is 19.4 Å². The van der Waals surface area contributed by atoms with Crippen molar-refractivity contribution in [1.29, 1.82) is 0 Å². The molecular weight excluding hydrogens is 500 g/mol. The highest BCUT2D eigenvalue weighted by atomic mass is 16.5. The van der Waals surface area contributed by atoms with E-state index in [1.165, 1.54) is 18.9 Å². The van der Waals surface area contributed by atoms with Crippen LogP contribution < -0.4 is 10.1 Å². The van der Waals surface area contributed by atoms with Gasteiger partial charge in [0, 0.05) is 45.1 Å². The molecule has 0 bridgehead atoms. The lowest BCUT2D eigenvalue weighted by molar-refractivity contribution is 0.0487. The van der Waals surface area contributed by atoms with E-state index >= 15 is 0 Å². The topological polar surface area (TPSA) is 131 Å². The number of aryl methyl sites for hydroxylation is 1. The molecule has 39 heavy (non-hydrogen) atoms. The minimum absolute atomic E-state index is 0.141. The van der Waals surface area contributed by atoms with E-state index in [9.17, 15) is 14.4 Å². The van der Waals surface area contributed by atoms with Crippen LogP contribution in [0.3, 0.4) is 0 Å². The number of hydrogen-bond donors (Lipinski definition) is 1. The molecular formula is C28H32N6O5. The highest BCUT2D eigenvalue weighted by Crippen LogP contribution is 2.36. The summed E-state index contributed by atoms with van der Waals surface area (Å²) in [6.45, 7) is 4.53. The van der Waals surface area contributed by atoms with E-state index < -0.39 is 0 Å². The average molecular weight is 533 g/mol. The Labute approximate surface area is 226 Å². The molecule has 0 unspecified atom stereocenters. The summed E-state index contributed by atoms with van der Waals surface area (Å²) in [6, 6.07) is 7.17. The second kappa shape index (κ2) is 11.6. The monoisotopic (exact) mass is 532 g/mol. The first-order valence-electron chi connectivity index (χ1n) is 13.2. The van der Waals surface area contributed by atoms with Gasteiger partial charge in [-0.15, -0.1) is 0 Å². The number of aromatic nitrogens is 3. The number of amides is 3. The van der Waals surface area contributed by atoms with E-state index in [1.807, 2.05) is 12.1 Å². The van der Waals surface area contributed by atoms with Gasteiger partial charge in [-0.05, 0) is 50.2 Å². The Morgan fingerprint density at radius 3 is 2.38 bits per heavy atom. The molecule has 0 atom stereocenters. The molecule has 11 heteroatoms. The van der Waals surface area contributed by atoms with Gasteiger partial charge < -0.3 is 24.3 Å². The van der Waals surface area contributed by atoms with Gasteiger partial charge in [-0.2, -0.15) is 0 Å². The van der Waals surface area contributed by atoms with Gasteiger partial charge in [0.1, 0.15) is 17.7 Å². The van der Waals surface area contributed by atoms with E-state index in [4.69, 9.17) is 9.15 Å². The first-order valence-corrected chi connectivity index (χ1v) is 13.2. The molecule has 3 amide bonds. The van der Waals surface area contributed by atoms with Gasteiger partial charge in [0.2, 0.25) is 0 Å². The zero-order valence-electron chi connectivity index (χ0n) is 22.0. The van der Waals surface area contributed by atoms with Crippen LogP contribution in [0.15, 0.2) is 53.7 Å². The molecule has 1 fully saturated rings. The molecule has 1 N–H and O–H groups in total. The number of oxazole rings is 1.